The molecule has 0 bridgehead atoms. The van der Waals surface area contributed by atoms with E-state index in [1.54, 1.807) is 32.0 Å². The maximum atomic E-state index is 11.2. The minimum atomic E-state index is -0.992. The number of carbonyl (C=O) groups is 1. The lowest BCUT2D eigenvalue weighted by atomic mass is 10.1. The van der Waals surface area contributed by atoms with Crippen LogP contribution in [0.2, 0.25) is 0 Å². The molecule has 2 aromatic rings. The summed E-state index contributed by atoms with van der Waals surface area (Å²) in [5.74, 6) is -0.682. The zero-order valence-corrected chi connectivity index (χ0v) is 12.6. The van der Waals surface area contributed by atoms with Crippen LogP contribution in [0.25, 0.3) is 11.3 Å². The van der Waals surface area contributed by atoms with Gasteiger partial charge < -0.3 is 14.4 Å². The Balaban J connectivity index is 2.39. The molecule has 0 amide bonds. The molecule has 1 aromatic carbocycles. The number of aromatic nitrogens is 1. The number of nitrogens with zero attached hydrogens (tertiary/aromatic N) is 1. The number of benzene rings is 1. The second-order valence-electron chi connectivity index (χ2n) is 4.65. The third-order valence-corrected chi connectivity index (χ3v) is 3.25. The molecule has 0 fully saturated rings. The topological polar surface area (TPSA) is 72.6 Å². The van der Waals surface area contributed by atoms with Gasteiger partial charge in [-0.25, -0.2) is 4.79 Å². The van der Waals surface area contributed by atoms with E-state index in [0.29, 0.717) is 17.0 Å². The first-order valence-corrected chi connectivity index (χ1v) is 6.88. The van der Waals surface area contributed by atoms with Crippen molar-refractivity contribution < 1.29 is 19.2 Å². The Kier molecular flexibility index (Phi) is 4.44. The van der Waals surface area contributed by atoms with Gasteiger partial charge in [0.2, 0.25) is 0 Å². The molecule has 5 nitrogen and oxygen atoms in total. The molecule has 1 atom stereocenters. The van der Waals surface area contributed by atoms with Crippen LogP contribution in [0, 0.1) is 5.92 Å². The predicted octanol–water partition coefficient (Wildman–Crippen LogP) is 3.59. The van der Waals surface area contributed by atoms with Crippen LogP contribution in [0.1, 0.15) is 13.8 Å². The number of rotatable bonds is 5. The molecule has 20 heavy (non-hydrogen) atoms. The molecule has 0 aliphatic carbocycles. The number of carboxylic acids is 1. The molecule has 0 unspecified atom stereocenters. The molecule has 0 saturated heterocycles. The average molecular weight is 340 g/mol. The molecule has 1 aromatic heterocycles. The van der Waals surface area contributed by atoms with Gasteiger partial charge in [-0.1, -0.05) is 34.9 Å². The summed E-state index contributed by atoms with van der Waals surface area (Å²) in [5, 5.41) is 13.1. The molecule has 0 aliphatic heterocycles. The maximum Gasteiger partial charge on any atom is 0.345 e. The summed E-state index contributed by atoms with van der Waals surface area (Å²) in [4.78, 5) is 11.2. The molecular weight excluding hydrogens is 326 g/mol. The maximum absolute atomic E-state index is 11.2. The number of hydrogen-bond donors (Lipinski definition) is 1. The minimum Gasteiger partial charge on any atom is -0.478 e. The molecule has 0 saturated carbocycles. The highest BCUT2D eigenvalue weighted by molar-refractivity contribution is 9.10. The highest BCUT2D eigenvalue weighted by Gasteiger charge is 2.25. The van der Waals surface area contributed by atoms with E-state index in [9.17, 15) is 9.90 Å². The van der Waals surface area contributed by atoms with Crippen molar-refractivity contribution in [2.24, 2.45) is 5.92 Å². The predicted molar refractivity (Wildman–Crippen MR) is 76.5 cm³/mol. The van der Waals surface area contributed by atoms with Gasteiger partial charge in [-0.15, -0.1) is 0 Å². The lowest BCUT2D eigenvalue weighted by Gasteiger charge is -2.20. The van der Waals surface area contributed by atoms with Crippen LogP contribution in [0.3, 0.4) is 0 Å². The summed E-state index contributed by atoms with van der Waals surface area (Å²) in [5.41, 5.74) is 1.27. The third-order valence-electron chi connectivity index (χ3n) is 2.76. The molecule has 0 spiro atoms. The standard InChI is InChI=1S/C14H14BrNO4/c1-8(2)13(14(17)18)20-12-4-3-9(15)7-10(12)11-5-6-19-16-11/h3-8,13H,1-2H3,(H,17,18)/t13-/m0/s1. The smallest absolute Gasteiger partial charge is 0.345 e. The third kappa shape index (κ3) is 3.19. The number of ether oxygens (including phenoxy) is 1. The van der Waals surface area contributed by atoms with Crippen LogP contribution in [0.5, 0.6) is 5.75 Å². The fourth-order valence-corrected chi connectivity index (χ4v) is 2.13. The summed E-state index contributed by atoms with van der Waals surface area (Å²) in [7, 11) is 0. The number of aliphatic carboxylic acids is 1. The van der Waals surface area contributed by atoms with Crippen molar-refractivity contribution in [2.75, 3.05) is 0 Å². The lowest BCUT2D eigenvalue weighted by Crippen LogP contribution is -2.32. The zero-order chi connectivity index (χ0) is 14.7. The van der Waals surface area contributed by atoms with Crippen molar-refractivity contribution in [3.8, 4) is 17.0 Å². The highest BCUT2D eigenvalue weighted by atomic mass is 79.9. The van der Waals surface area contributed by atoms with Crippen LogP contribution in [0.15, 0.2) is 39.5 Å². The van der Waals surface area contributed by atoms with E-state index in [-0.39, 0.29) is 5.92 Å². The van der Waals surface area contributed by atoms with Crippen molar-refractivity contribution >= 4 is 21.9 Å². The second-order valence-corrected chi connectivity index (χ2v) is 5.56. The first-order chi connectivity index (χ1) is 9.49. The Morgan fingerprint density at radius 3 is 2.70 bits per heavy atom. The molecule has 1 N–H and O–H groups in total. The van der Waals surface area contributed by atoms with Gasteiger partial charge in [0.1, 0.15) is 17.7 Å². The molecule has 106 valence electrons. The number of halogens is 1. The largest absolute Gasteiger partial charge is 0.478 e. The van der Waals surface area contributed by atoms with Crippen molar-refractivity contribution in [3.05, 3.63) is 35.0 Å². The summed E-state index contributed by atoms with van der Waals surface area (Å²) < 4.78 is 11.3. The van der Waals surface area contributed by atoms with E-state index >= 15 is 0 Å². The second kappa shape index (κ2) is 6.09. The average Bonchev–Trinajstić information content (AvgIpc) is 2.89. The molecule has 1 heterocycles. The molecule has 0 aliphatic rings. The van der Waals surface area contributed by atoms with Crippen LogP contribution >= 0.6 is 15.9 Å². The van der Waals surface area contributed by atoms with Crippen molar-refractivity contribution in [3.63, 3.8) is 0 Å². The normalized spacial score (nSPS) is 12.4. The van der Waals surface area contributed by atoms with Gasteiger partial charge in [0.15, 0.2) is 6.10 Å². The van der Waals surface area contributed by atoms with Crippen LogP contribution < -0.4 is 4.74 Å². The number of carboxylic acid groups (broad SMARTS) is 1. The van der Waals surface area contributed by atoms with E-state index in [2.05, 4.69) is 21.1 Å². The minimum absolute atomic E-state index is 0.152. The van der Waals surface area contributed by atoms with E-state index in [1.807, 2.05) is 6.07 Å². The summed E-state index contributed by atoms with van der Waals surface area (Å²) in [6.45, 7) is 3.60. The molecular formula is C14H14BrNO4. The van der Waals surface area contributed by atoms with E-state index in [4.69, 9.17) is 9.26 Å². The zero-order valence-electron chi connectivity index (χ0n) is 11.0. The quantitative estimate of drug-likeness (QED) is 0.900. The lowest BCUT2D eigenvalue weighted by molar-refractivity contribution is -0.147. The van der Waals surface area contributed by atoms with Crippen LogP contribution in [-0.2, 0) is 4.79 Å². The van der Waals surface area contributed by atoms with Gasteiger partial charge in [0.05, 0.1) is 0 Å². The highest BCUT2D eigenvalue weighted by Crippen LogP contribution is 2.33. The monoisotopic (exact) mass is 339 g/mol. The van der Waals surface area contributed by atoms with Gasteiger partial charge in [-0.3, -0.25) is 0 Å². The first kappa shape index (κ1) is 14.6. The summed E-state index contributed by atoms with van der Waals surface area (Å²) in [6, 6.07) is 7.01. The SMILES string of the molecule is CC(C)[C@H](Oc1ccc(Br)cc1-c1ccon1)C(=O)O. The summed E-state index contributed by atoms with van der Waals surface area (Å²) >= 11 is 3.38. The van der Waals surface area contributed by atoms with Crippen LogP contribution in [-0.4, -0.2) is 22.3 Å². The Labute approximate surface area is 124 Å². The van der Waals surface area contributed by atoms with Gasteiger partial charge in [-0.2, -0.15) is 0 Å². The molecule has 0 radical (unpaired) electrons. The molecule has 6 heteroatoms. The fourth-order valence-electron chi connectivity index (χ4n) is 1.77. The van der Waals surface area contributed by atoms with Crippen molar-refractivity contribution in [1.29, 1.82) is 0 Å². The Hall–Kier alpha value is -1.82. The first-order valence-electron chi connectivity index (χ1n) is 6.09. The van der Waals surface area contributed by atoms with Crippen molar-refractivity contribution in [1.82, 2.24) is 5.16 Å². The van der Waals surface area contributed by atoms with Gasteiger partial charge in [-0.05, 0) is 18.2 Å². The van der Waals surface area contributed by atoms with E-state index < -0.39 is 12.1 Å². The molecule has 2 rings (SSSR count). The fraction of sp³-hybridized carbons (Fsp3) is 0.286. The van der Waals surface area contributed by atoms with Gasteiger partial charge >= 0.3 is 5.97 Å². The van der Waals surface area contributed by atoms with Gasteiger partial charge in [0.25, 0.3) is 0 Å². The summed E-state index contributed by atoms with van der Waals surface area (Å²) in [6.07, 6.45) is 0.541. The Bertz CT molecular complexity index is 595. The van der Waals surface area contributed by atoms with Gasteiger partial charge in [0, 0.05) is 22.0 Å². The van der Waals surface area contributed by atoms with Crippen LogP contribution in [0.4, 0.5) is 0 Å². The Morgan fingerprint density at radius 1 is 1.40 bits per heavy atom. The van der Waals surface area contributed by atoms with Crippen molar-refractivity contribution in [2.45, 2.75) is 20.0 Å². The number of hydrogen-bond acceptors (Lipinski definition) is 4. The van der Waals surface area contributed by atoms with E-state index in [1.165, 1.54) is 6.26 Å². The van der Waals surface area contributed by atoms with E-state index in [0.717, 1.165) is 4.47 Å². The Morgan fingerprint density at radius 2 is 2.15 bits per heavy atom.